The Balaban J connectivity index is 2.34. The first-order chi connectivity index (χ1) is 8.78. The number of carbonyl (C=O) groups excluding carboxylic acids is 1. The third-order valence-corrected chi connectivity index (χ3v) is 3.07. The minimum atomic E-state index is -0.560. The van der Waals surface area contributed by atoms with Crippen LogP contribution in [0.3, 0.4) is 0 Å². The molecule has 7 heteroatoms. The average molecular weight is 304 g/mol. The van der Waals surface area contributed by atoms with E-state index in [2.05, 4.69) is 9.97 Å². The summed E-state index contributed by atoms with van der Waals surface area (Å²) >= 11 is 11.8. The summed E-state index contributed by atoms with van der Waals surface area (Å²) in [5.41, 5.74) is 0.179. The lowest BCUT2D eigenvalue weighted by atomic mass is 10.1. The number of hydrogen-bond donors (Lipinski definition) is 0. The minimum absolute atomic E-state index is 0.0270. The van der Waals surface area contributed by atoms with E-state index in [1.807, 2.05) is 20.8 Å². The van der Waals surface area contributed by atoms with Crippen molar-refractivity contribution in [2.75, 3.05) is 11.4 Å². The van der Waals surface area contributed by atoms with Gasteiger partial charge in [-0.2, -0.15) is 4.98 Å². The Hall–Kier alpha value is -1.07. The summed E-state index contributed by atoms with van der Waals surface area (Å²) in [6.07, 6.45) is 1.07. The summed E-state index contributed by atoms with van der Waals surface area (Å²) in [5.74, 6) is 0.450. The van der Waals surface area contributed by atoms with Gasteiger partial charge in [0.1, 0.15) is 16.6 Å². The van der Waals surface area contributed by atoms with Gasteiger partial charge in [-0.3, -0.25) is 4.90 Å². The molecule has 104 valence electrons. The van der Waals surface area contributed by atoms with E-state index in [0.717, 1.165) is 18.4 Å². The minimum Gasteiger partial charge on any atom is -0.443 e. The summed E-state index contributed by atoms with van der Waals surface area (Å²) in [5, 5.41) is 0.322. The molecular formula is C12H15Cl2N3O2. The maximum Gasteiger partial charge on any atom is 0.416 e. The van der Waals surface area contributed by atoms with Crippen LogP contribution in [-0.2, 0) is 11.2 Å². The average Bonchev–Trinajstić information content (AvgIpc) is 2.25. The number of halogens is 2. The van der Waals surface area contributed by atoms with Crippen molar-refractivity contribution < 1.29 is 9.53 Å². The first-order valence-corrected chi connectivity index (χ1v) is 6.76. The lowest BCUT2D eigenvalue weighted by Crippen LogP contribution is -2.40. The summed E-state index contributed by atoms with van der Waals surface area (Å²) < 4.78 is 5.35. The van der Waals surface area contributed by atoms with Crippen LogP contribution in [0.5, 0.6) is 0 Å². The second-order valence-electron chi connectivity index (χ2n) is 5.32. The third kappa shape index (κ3) is 3.28. The SMILES string of the molecule is CC(C)(C)OC(=O)N1CCCc2c(Cl)nc(Cl)nc21. The van der Waals surface area contributed by atoms with Gasteiger partial charge in [-0.15, -0.1) is 0 Å². The molecule has 1 amide bonds. The number of anilines is 1. The molecule has 0 aliphatic carbocycles. The Morgan fingerprint density at radius 1 is 1.32 bits per heavy atom. The highest BCUT2D eigenvalue weighted by atomic mass is 35.5. The monoisotopic (exact) mass is 303 g/mol. The Bertz CT molecular complexity index is 514. The Morgan fingerprint density at radius 3 is 2.63 bits per heavy atom. The number of nitrogens with zero attached hydrogens (tertiary/aromatic N) is 3. The molecule has 1 aliphatic heterocycles. The van der Waals surface area contributed by atoms with E-state index in [9.17, 15) is 4.79 Å². The standard InChI is InChI=1S/C12H15Cl2N3O2/c1-12(2,3)19-11(18)17-6-4-5-7-8(13)15-10(14)16-9(7)17/h4-6H2,1-3H3. The molecule has 5 nitrogen and oxygen atoms in total. The van der Waals surface area contributed by atoms with Gasteiger partial charge in [-0.1, -0.05) is 11.6 Å². The molecule has 0 spiro atoms. The van der Waals surface area contributed by atoms with Crippen LogP contribution in [0.1, 0.15) is 32.8 Å². The lowest BCUT2D eigenvalue weighted by Gasteiger charge is -2.30. The van der Waals surface area contributed by atoms with Crippen LogP contribution in [0, 0.1) is 0 Å². The fourth-order valence-electron chi connectivity index (χ4n) is 1.87. The van der Waals surface area contributed by atoms with Crippen molar-refractivity contribution >= 4 is 35.1 Å². The molecule has 19 heavy (non-hydrogen) atoms. The van der Waals surface area contributed by atoms with Crippen LogP contribution in [-0.4, -0.2) is 28.2 Å². The van der Waals surface area contributed by atoms with Gasteiger partial charge in [-0.05, 0) is 45.2 Å². The number of ether oxygens (including phenoxy) is 1. The number of hydrogen-bond acceptors (Lipinski definition) is 4. The topological polar surface area (TPSA) is 55.3 Å². The van der Waals surface area contributed by atoms with Crippen molar-refractivity contribution in [2.45, 2.75) is 39.2 Å². The fraction of sp³-hybridized carbons (Fsp3) is 0.583. The van der Waals surface area contributed by atoms with Gasteiger partial charge in [-0.25, -0.2) is 9.78 Å². The Kier molecular flexibility index (Phi) is 3.87. The highest BCUT2D eigenvalue weighted by Gasteiger charge is 2.30. The number of fused-ring (bicyclic) bond motifs is 1. The second kappa shape index (κ2) is 5.13. The van der Waals surface area contributed by atoms with Crippen molar-refractivity contribution in [3.63, 3.8) is 0 Å². The molecule has 0 N–H and O–H groups in total. The van der Waals surface area contributed by atoms with E-state index in [-0.39, 0.29) is 5.28 Å². The zero-order valence-corrected chi connectivity index (χ0v) is 12.5. The summed E-state index contributed by atoms with van der Waals surface area (Å²) in [6.45, 7) is 5.98. The van der Waals surface area contributed by atoms with Crippen LogP contribution in [0.15, 0.2) is 0 Å². The lowest BCUT2D eigenvalue weighted by molar-refractivity contribution is 0.0576. The maximum absolute atomic E-state index is 12.2. The zero-order valence-electron chi connectivity index (χ0n) is 11.0. The van der Waals surface area contributed by atoms with Crippen LogP contribution < -0.4 is 4.90 Å². The zero-order chi connectivity index (χ0) is 14.2. The van der Waals surface area contributed by atoms with E-state index in [0.29, 0.717) is 17.5 Å². The van der Waals surface area contributed by atoms with Crippen LogP contribution >= 0.6 is 23.2 Å². The normalized spacial score (nSPS) is 15.1. The highest BCUT2D eigenvalue weighted by molar-refractivity contribution is 6.32. The smallest absolute Gasteiger partial charge is 0.416 e. The van der Waals surface area contributed by atoms with Crippen molar-refractivity contribution in [1.82, 2.24) is 9.97 Å². The van der Waals surface area contributed by atoms with Crippen LogP contribution in [0.25, 0.3) is 0 Å². The molecule has 0 bridgehead atoms. The van der Waals surface area contributed by atoms with Gasteiger partial charge in [0, 0.05) is 12.1 Å². The largest absolute Gasteiger partial charge is 0.443 e. The first kappa shape index (κ1) is 14.3. The number of amides is 1. The van der Waals surface area contributed by atoms with Gasteiger partial charge in [0.15, 0.2) is 0 Å². The highest BCUT2D eigenvalue weighted by Crippen LogP contribution is 2.31. The van der Waals surface area contributed by atoms with E-state index < -0.39 is 11.7 Å². The van der Waals surface area contributed by atoms with Gasteiger partial charge in [0.25, 0.3) is 0 Å². The molecule has 2 rings (SSSR count). The van der Waals surface area contributed by atoms with Gasteiger partial charge in [0.2, 0.25) is 5.28 Å². The second-order valence-corrected chi connectivity index (χ2v) is 6.02. The predicted octanol–water partition coefficient (Wildman–Crippen LogP) is 3.47. The molecule has 0 radical (unpaired) electrons. The molecule has 1 aromatic rings. The summed E-state index contributed by atoms with van der Waals surface area (Å²) in [6, 6.07) is 0. The fourth-order valence-corrected chi connectivity index (χ4v) is 2.34. The molecule has 0 atom stereocenters. The molecule has 0 saturated heterocycles. The molecule has 0 aromatic carbocycles. The van der Waals surface area contributed by atoms with Gasteiger partial charge in [0.05, 0.1) is 0 Å². The molecule has 1 aromatic heterocycles. The van der Waals surface area contributed by atoms with Crippen LogP contribution in [0.4, 0.5) is 10.6 Å². The molecule has 0 saturated carbocycles. The number of carbonyl (C=O) groups is 1. The van der Waals surface area contributed by atoms with Crippen molar-refractivity contribution in [1.29, 1.82) is 0 Å². The molecule has 0 fully saturated rings. The summed E-state index contributed by atoms with van der Waals surface area (Å²) in [7, 11) is 0. The van der Waals surface area contributed by atoms with E-state index in [1.165, 1.54) is 4.90 Å². The molecular weight excluding hydrogens is 289 g/mol. The van der Waals surface area contributed by atoms with Crippen molar-refractivity contribution in [2.24, 2.45) is 0 Å². The quantitative estimate of drug-likeness (QED) is 0.544. The third-order valence-electron chi connectivity index (χ3n) is 2.59. The van der Waals surface area contributed by atoms with Gasteiger partial charge < -0.3 is 4.74 Å². The van der Waals surface area contributed by atoms with E-state index in [4.69, 9.17) is 27.9 Å². The predicted molar refractivity (Wildman–Crippen MR) is 74.0 cm³/mol. The molecule has 1 aliphatic rings. The van der Waals surface area contributed by atoms with E-state index in [1.54, 1.807) is 0 Å². The van der Waals surface area contributed by atoms with E-state index >= 15 is 0 Å². The van der Waals surface area contributed by atoms with Gasteiger partial charge >= 0.3 is 6.09 Å². The number of rotatable bonds is 0. The molecule has 0 unspecified atom stereocenters. The van der Waals surface area contributed by atoms with Crippen LogP contribution in [0.2, 0.25) is 10.4 Å². The Morgan fingerprint density at radius 2 is 2.00 bits per heavy atom. The first-order valence-electron chi connectivity index (χ1n) is 6.00. The molecule has 2 heterocycles. The number of aromatic nitrogens is 2. The maximum atomic E-state index is 12.2. The Labute approximate surface area is 121 Å². The van der Waals surface area contributed by atoms with Crippen molar-refractivity contribution in [3.8, 4) is 0 Å². The summed E-state index contributed by atoms with van der Waals surface area (Å²) in [4.78, 5) is 21.6. The van der Waals surface area contributed by atoms with Crippen molar-refractivity contribution in [3.05, 3.63) is 16.0 Å².